The maximum Gasteiger partial charge on any atom is 0.121 e. The molecule has 1 heterocycles. The molecule has 0 fully saturated rings. The maximum absolute atomic E-state index is 9.01. The Morgan fingerprint density at radius 2 is 1.61 bits per heavy atom. The van der Waals surface area contributed by atoms with Crippen LogP contribution in [-0.4, -0.2) is 42.1 Å². The number of hydrogen-bond donors (Lipinski definition) is 1. The highest BCUT2D eigenvalue weighted by Crippen LogP contribution is 2.13. The second kappa shape index (κ2) is 14.9. The molecule has 0 spiro atoms. The summed E-state index contributed by atoms with van der Waals surface area (Å²) >= 11 is 0. The molecule has 1 unspecified atom stereocenters. The molecule has 3 heteroatoms. The van der Waals surface area contributed by atoms with Gasteiger partial charge in [-0.2, -0.15) is 0 Å². The van der Waals surface area contributed by atoms with Crippen LogP contribution in [0.1, 0.15) is 84.0 Å². The lowest BCUT2D eigenvalue weighted by atomic mass is 10.1. The number of aliphatic imine (C=N–C) groups is 1. The van der Waals surface area contributed by atoms with Gasteiger partial charge in [-0.15, -0.1) is 0 Å². The van der Waals surface area contributed by atoms with E-state index >= 15 is 0 Å². The molecule has 134 valence electrons. The molecule has 0 bridgehead atoms. The van der Waals surface area contributed by atoms with E-state index in [-0.39, 0.29) is 12.8 Å². The molecule has 1 rings (SSSR count). The summed E-state index contributed by atoms with van der Waals surface area (Å²) in [7, 11) is 0. The summed E-state index contributed by atoms with van der Waals surface area (Å²) in [6.45, 7) is 4.08. The molecule has 0 saturated carbocycles. The molecular weight excluding hydrogens is 284 g/mol. The van der Waals surface area contributed by atoms with Gasteiger partial charge in [0, 0.05) is 19.3 Å². The quantitative estimate of drug-likeness (QED) is 0.342. The van der Waals surface area contributed by atoms with Gasteiger partial charge >= 0.3 is 0 Å². The van der Waals surface area contributed by atoms with Gasteiger partial charge in [0.2, 0.25) is 0 Å². The molecule has 3 nitrogen and oxygen atoms in total. The Labute approximate surface area is 143 Å². The van der Waals surface area contributed by atoms with E-state index in [0.29, 0.717) is 6.54 Å². The number of rotatable bonds is 15. The lowest BCUT2D eigenvalue weighted by Gasteiger charge is -2.18. The van der Waals surface area contributed by atoms with Crippen molar-refractivity contribution in [3.05, 3.63) is 12.2 Å². The summed E-state index contributed by atoms with van der Waals surface area (Å²) in [6.07, 6.45) is 23.1. The van der Waals surface area contributed by atoms with Gasteiger partial charge in [-0.25, -0.2) is 0 Å². The number of aliphatic hydroxyl groups is 1. The second-order valence-corrected chi connectivity index (χ2v) is 6.72. The fourth-order valence-electron chi connectivity index (χ4n) is 3.13. The largest absolute Gasteiger partial charge is 0.395 e. The summed E-state index contributed by atoms with van der Waals surface area (Å²) < 4.78 is 0. The van der Waals surface area contributed by atoms with Crippen molar-refractivity contribution in [2.24, 2.45) is 4.99 Å². The van der Waals surface area contributed by atoms with Crippen LogP contribution in [0.4, 0.5) is 0 Å². The molecule has 0 aromatic carbocycles. The summed E-state index contributed by atoms with van der Waals surface area (Å²) in [5, 5.41) is 9.01. The predicted octanol–water partition coefficient (Wildman–Crippen LogP) is 4.95. The van der Waals surface area contributed by atoms with Gasteiger partial charge in [-0.05, 0) is 18.9 Å². The lowest BCUT2D eigenvalue weighted by molar-refractivity contribution is 0.201. The Balaban J connectivity index is 1.86. The maximum atomic E-state index is 9.01. The average molecular weight is 323 g/mol. The molecule has 1 atom stereocenters. The van der Waals surface area contributed by atoms with Crippen LogP contribution >= 0.6 is 0 Å². The van der Waals surface area contributed by atoms with Crippen molar-refractivity contribution in [1.29, 1.82) is 0 Å². The zero-order valence-corrected chi connectivity index (χ0v) is 15.3. The number of aliphatic hydroxyl groups excluding tert-OH is 1. The monoisotopic (exact) mass is 322 g/mol. The normalized spacial score (nSPS) is 18.4. The standard InChI is InChI=1S/C20H38N2O/c1-2-3-4-5-6-7-8-9-10-11-12-13-14-15-20-21-16-17-22(20)18-19-23/h14-16,20,23H,2-13,17-19H2,1H3/b15-14+. The molecule has 1 aliphatic rings. The number of nitrogens with zero attached hydrogens (tertiary/aromatic N) is 2. The van der Waals surface area contributed by atoms with E-state index in [1.165, 1.54) is 70.6 Å². The van der Waals surface area contributed by atoms with Crippen LogP contribution < -0.4 is 0 Å². The Hall–Kier alpha value is -0.670. The van der Waals surface area contributed by atoms with Crippen molar-refractivity contribution in [1.82, 2.24) is 4.90 Å². The summed E-state index contributed by atoms with van der Waals surface area (Å²) in [4.78, 5) is 6.62. The zero-order valence-electron chi connectivity index (χ0n) is 15.3. The molecule has 0 amide bonds. The van der Waals surface area contributed by atoms with Gasteiger partial charge in [-0.1, -0.05) is 77.2 Å². The van der Waals surface area contributed by atoms with E-state index in [0.717, 1.165) is 13.0 Å². The molecule has 0 aromatic heterocycles. The highest BCUT2D eigenvalue weighted by Gasteiger charge is 2.16. The Morgan fingerprint density at radius 1 is 1.00 bits per heavy atom. The Bertz CT molecular complexity index is 315. The van der Waals surface area contributed by atoms with Crippen molar-refractivity contribution in [3.8, 4) is 0 Å². The summed E-state index contributed by atoms with van der Waals surface area (Å²) in [6, 6.07) is 0. The molecule has 1 aliphatic heterocycles. The smallest absolute Gasteiger partial charge is 0.121 e. The predicted molar refractivity (Wildman–Crippen MR) is 101 cm³/mol. The zero-order chi connectivity index (χ0) is 16.6. The molecule has 0 aliphatic carbocycles. The number of hydrogen-bond acceptors (Lipinski definition) is 3. The van der Waals surface area contributed by atoms with E-state index in [1.807, 2.05) is 6.21 Å². The third-order valence-corrected chi connectivity index (χ3v) is 4.62. The van der Waals surface area contributed by atoms with Crippen LogP contribution in [0.25, 0.3) is 0 Å². The molecule has 23 heavy (non-hydrogen) atoms. The first-order valence-corrected chi connectivity index (χ1v) is 9.91. The topological polar surface area (TPSA) is 35.8 Å². The van der Waals surface area contributed by atoms with Gasteiger partial charge in [0.15, 0.2) is 0 Å². The van der Waals surface area contributed by atoms with Crippen LogP contribution in [0.3, 0.4) is 0 Å². The van der Waals surface area contributed by atoms with E-state index in [4.69, 9.17) is 5.11 Å². The van der Waals surface area contributed by atoms with Crippen molar-refractivity contribution in [2.75, 3.05) is 19.7 Å². The first-order chi connectivity index (χ1) is 11.4. The van der Waals surface area contributed by atoms with Crippen molar-refractivity contribution < 1.29 is 5.11 Å². The van der Waals surface area contributed by atoms with Crippen LogP contribution in [-0.2, 0) is 0 Å². The fraction of sp³-hybridized carbons (Fsp3) is 0.850. The highest BCUT2D eigenvalue weighted by atomic mass is 16.3. The van der Waals surface area contributed by atoms with Crippen molar-refractivity contribution in [2.45, 2.75) is 90.1 Å². The van der Waals surface area contributed by atoms with Crippen LogP contribution in [0.15, 0.2) is 17.1 Å². The van der Waals surface area contributed by atoms with Gasteiger partial charge in [0.05, 0.1) is 6.61 Å². The molecule has 0 radical (unpaired) electrons. The molecule has 0 aromatic rings. The van der Waals surface area contributed by atoms with Crippen molar-refractivity contribution >= 4 is 6.21 Å². The van der Waals surface area contributed by atoms with E-state index < -0.39 is 0 Å². The van der Waals surface area contributed by atoms with Gasteiger partial charge in [0.25, 0.3) is 0 Å². The minimum Gasteiger partial charge on any atom is -0.395 e. The molecular formula is C20H38N2O. The first kappa shape index (κ1) is 20.4. The van der Waals surface area contributed by atoms with Crippen LogP contribution in [0.5, 0.6) is 0 Å². The minimum absolute atomic E-state index is 0.162. The van der Waals surface area contributed by atoms with Crippen LogP contribution in [0, 0.1) is 0 Å². The van der Waals surface area contributed by atoms with Crippen molar-refractivity contribution in [3.63, 3.8) is 0 Å². The third-order valence-electron chi connectivity index (χ3n) is 4.62. The average Bonchev–Trinajstić information content (AvgIpc) is 2.99. The summed E-state index contributed by atoms with van der Waals surface area (Å²) in [5.41, 5.74) is 0. The molecule has 1 N–H and O–H groups in total. The highest BCUT2D eigenvalue weighted by molar-refractivity contribution is 5.62. The number of β-amino-alcohol motifs (C(OH)–C–C–N with tert-alkyl or cyclic N) is 1. The Kier molecular flexibility index (Phi) is 13.2. The number of unbranched alkanes of at least 4 members (excludes halogenated alkanes) is 11. The van der Waals surface area contributed by atoms with Gasteiger partial charge in [-0.3, -0.25) is 9.89 Å². The third kappa shape index (κ3) is 10.7. The van der Waals surface area contributed by atoms with E-state index in [1.54, 1.807) is 0 Å². The SMILES string of the molecule is CCCCCCCCCCCCC/C=C/C1N=CCN1CCO. The number of allylic oxidation sites excluding steroid dienone is 1. The Morgan fingerprint density at radius 3 is 2.22 bits per heavy atom. The van der Waals surface area contributed by atoms with Gasteiger partial charge < -0.3 is 5.11 Å². The van der Waals surface area contributed by atoms with E-state index in [2.05, 4.69) is 29.0 Å². The van der Waals surface area contributed by atoms with Crippen LogP contribution in [0.2, 0.25) is 0 Å². The van der Waals surface area contributed by atoms with Gasteiger partial charge in [0.1, 0.15) is 6.17 Å². The second-order valence-electron chi connectivity index (χ2n) is 6.72. The fourth-order valence-corrected chi connectivity index (χ4v) is 3.13. The minimum atomic E-state index is 0.162. The lowest BCUT2D eigenvalue weighted by Crippen LogP contribution is -2.31. The first-order valence-electron chi connectivity index (χ1n) is 9.91. The van der Waals surface area contributed by atoms with E-state index in [9.17, 15) is 0 Å². The molecule has 0 saturated heterocycles. The summed E-state index contributed by atoms with van der Waals surface area (Å²) in [5.74, 6) is 0.